The molecule has 7 nitrogen and oxygen atoms in total. The van der Waals surface area contributed by atoms with Crippen molar-refractivity contribution >= 4 is 73.3 Å². The first-order valence-electron chi connectivity index (χ1n) is 10.6. The highest BCUT2D eigenvalue weighted by atomic mass is 127. The van der Waals surface area contributed by atoms with E-state index in [1.165, 1.54) is 29.2 Å². The lowest BCUT2D eigenvalue weighted by atomic mass is 10.1. The van der Waals surface area contributed by atoms with E-state index < -0.39 is 16.0 Å². The summed E-state index contributed by atoms with van der Waals surface area (Å²) < 4.78 is 37.2. The molecule has 4 rings (SSSR count). The molecule has 0 aliphatic carbocycles. The largest absolute Gasteiger partial charge is 0.490 e. The van der Waals surface area contributed by atoms with Crippen LogP contribution in [0.15, 0.2) is 76.5 Å². The zero-order chi connectivity index (χ0) is 25.9. The molecule has 11 heteroatoms. The van der Waals surface area contributed by atoms with Gasteiger partial charge < -0.3 is 8.92 Å². The molecule has 0 aromatic heterocycles. The van der Waals surface area contributed by atoms with Crippen LogP contribution in [0.2, 0.25) is 5.02 Å². The van der Waals surface area contributed by atoms with Gasteiger partial charge >= 0.3 is 10.1 Å². The summed E-state index contributed by atoms with van der Waals surface area (Å²) in [6.45, 7) is 2.19. The van der Waals surface area contributed by atoms with Gasteiger partial charge in [-0.2, -0.15) is 8.42 Å². The van der Waals surface area contributed by atoms with Crippen molar-refractivity contribution < 1.29 is 26.9 Å². The minimum absolute atomic E-state index is 0.0294. The van der Waals surface area contributed by atoms with E-state index in [-0.39, 0.29) is 39.7 Å². The van der Waals surface area contributed by atoms with Crippen LogP contribution >= 0.6 is 46.0 Å². The third-order valence-electron chi connectivity index (χ3n) is 4.98. The lowest BCUT2D eigenvalue weighted by molar-refractivity contribution is -0.123. The Kier molecular flexibility index (Phi) is 8.28. The van der Waals surface area contributed by atoms with Crippen molar-refractivity contribution in [2.24, 2.45) is 0 Å². The summed E-state index contributed by atoms with van der Waals surface area (Å²) in [4.78, 5) is 26.8. The molecule has 1 aliphatic rings. The molecule has 0 radical (unpaired) electrons. The second-order valence-corrected chi connectivity index (χ2v) is 11.6. The fourth-order valence-corrected chi connectivity index (χ4v) is 6.13. The average Bonchev–Trinajstić information content (AvgIpc) is 3.10. The SMILES string of the molecule is CCOc1cc(/C=C2\SC(=O)N(Cc3ccccc3)C2=O)cc(I)c1OS(=O)(=O)c1ccc(Cl)cc1. The molecule has 1 heterocycles. The molecular weight excluding hydrogens is 637 g/mol. The molecule has 186 valence electrons. The number of imide groups is 1. The molecule has 0 unspecified atom stereocenters. The molecule has 3 aromatic carbocycles. The first-order valence-corrected chi connectivity index (χ1v) is 14.3. The number of carbonyl (C=O) groups excluding carboxylic acids is 2. The second kappa shape index (κ2) is 11.2. The summed E-state index contributed by atoms with van der Waals surface area (Å²) in [6.07, 6.45) is 1.58. The third-order valence-corrected chi connectivity index (χ3v) is 8.18. The second-order valence-electron chi connectivity index (χ2n) is 7.51. The van der Waals surface area contributed by atoms with Gasteiger partial charge in [0.05, 0.1) is 21.6 Å². The first-order chi connectivity index (χ1) is 17.2. The van der Waals surface area contributed by atoms with E-state index in [0.29, 0.717) is 14.2 Å². The summed E-state index contributed by atoms with van der Waals surface area (Å²) in [5.41, 5.74) is 1.40. The predicted molar refractivity (Wildman–Crippen MR) is 148 cm³/mol. The molecule has 0 atom stereocenters. The quantitative estimate of drug-likeness (QED) is 0.159. The molecule has 0 bridgehead atoms. The van der Waals surface area contributed by atoms with Crippen LogP contribution in [0, 0.1) is 3.57 Å². The normalized spacial score (nSPS) is 15.0. The molecule has 2 amide bonds. The minimum Gasteiger partial charge on any atom is -0.490 e. The van der Waals surface area contributed by atoms with Gasteiger partial charge in [0.2, 0.25) is 0 Å². The maximum absolute atomic E-state index is 12.9. The number of amides is 2. The Morgan fingerprint density at radius 2 is 1.75 bits per heavy atom. The maximum Gasteiger partial charge on any atom is 0.339 e. The molecule has 0 N–H and O–H groups in total. The Bertz CT molecular complexity index is 1440. The summed E-state index contributed by atoms with van der Waals surface area (Å²) in [6, 6.07) is 18.1. The molecule has 36 heavy (non-hydrogen) atoms. The highest BCUT2D eigenvalue weighted by molar-refractivity contribution is 14.1. The van der Waals surface area contributed by atoms with Crippen molar-refractivity contribution in [2.45, 2.75) is 18.4 Å². The van der Waals surface area contributed by atoms with Crippen LogP contribution < -0.4 is 8.92 Å². The number of ether oxygens (including phenoxy) is 1. The van der Waals surface area contributed by atoms with Gasteiger partial charge in [-0.25, -0.2) is 0 Å². The Balaban J connectivity index is 1.62. The monoisotopic (exact) mass is 655 g/mol. The highest BCUT2D eigenvalue weighted by Gasteiger charge is 2.35. The van der Waals surface area contributed by atoms with Gasteiger partial charge in [-0.3, -0.25) is 14.5 Å². The Hall–Kier alpha value is -2.54. The summed E-state index contributed by atoms with van der Waals surface area (Å²) in [5, 5.41) is 0.0416. The van der Waals surface area contributed by atoms with Crippen LogP contribution in [0.3, 0.4) is 0 Å². The summed E-state index contributed by atoms with van der Waals surface area (Å²) >= 11 is 8.65. The first kappa shape index (κ1) is 26.5. The van der Waals surface area contributed by atoms with E-state index in [9.17, 15) is 18.0 Å². The van der Waals surface area contributed by atoms with Crippen molar-refractivity contribution in [1.82, 2.24) is 4.90 Å². The number of benzene rings is 3. The number of halogens is 2. The average molecular weight is 656 g/mol. The van der Waals surface area contributed by atoms with E-state index in [1.54, 1.807) is 25.1 Å². The van der Waals surface area contributed by atoms with Gasteiger partial charge in [0, 0.05) is 5.02 Å². The van der Waals surface area contributed by atoms with Crippen LogP contribution in [0.5, 0.6) is 11.5 Å². The maximum atomic E-state index is 12.9. The van der Waals surface area contributed by atoms with Crippen LogP contribution in [-0.2, 0) is 21.5 Å². The Labute approximate surface area is 231 Å². The molecular formula is C25H19ClINO6S2. The summed E-state index contributed by atoms with van der Waals surface area (Å²) in [5.74, 6) is -0.175. The smallest absolute Gasteiger partial charge is 0.339 e. The van der Waals surface area contributed by atoms with Crippen LogP contribution in [-0.4, -0.2) is 31.1 Å². The number of hydrogen-bond acceptors (Lipinski definition) is 7. The van der Waals surface area contributed by atoms with Crippen molar-refractivity contribution in [3.63, 3.8) is 0 Å². The molecule has 3 aromatic rings. The molecule has 1 saturated heterocycles. The Morgan fingerprint density at radius 1 is 1.06 bits per heavy atom. The fraction of sp³-hybridized carbons (Fsp3) is 0.120. The molecule has 0 saturated carbocycles. The van der Waals surface area contributed by atoms with Crippen LogP contribution in [0.1, 0.15) is 18.1 Å². The van der Waals surface area contributed by atoms with E-state index in [0.717, 1.165) is 17.3 Å². The fourth-order valence-electron chi connectivity index (χ4n) is 3.33. The van der Waals surface area contributed by atoms with E-state index >= 15 is 0 Å². The van der Waals surface area contributed by atoms with Gasteiger partial charge in [-0.15, -0.1) is 0 Å². The van der Waals surface area contributed by atoms with E-state index in [1.807, 2.05) is 52.9 Å². The van der Waals surface area contributed by atoms with Crippen LogP contribution in [0.25, 0.3) is 6.08 Å². The third kappa shape index (κ3) is 6.05. The number of carbonyl (C=O) groups is 2. The van der Waals surface area contributed by atoms with Gasteiger partial charge in [-0.1, -0.05) is 41.9 Å². The number of thioether (sulfide) groups is 1. The highest BCUT2D eigenvalue weighted by Crippen LogP contribution is 2.39. The zero-order valence-electron chi connectivity index (χ0n) is 18.8. The van der Waals surface area contributed by atoms with Gasteiger partial charge in [0.1, 0.15) is 4.90 Å². The van der Waals surface area contributed by atoms with Gasteiger partial charge in [0.25, 0.3) is 11.1 Å². The van der Waals surface area contributed by atoms with Crippen molar-refractivity contribution in [1.29, 1.82) is 0 Å². The van der Waals surface area contributed by atoms with Crippen molar-refractivity contribution in [3.05, 3.63) is 91.4 Å². The summed E-state index contributed by atoms with van der Waals surface area (Å²) in [7, 11) is -4.15. The molecule has 0 spiro atoms. The standard InChI is InChI=1S/C25H19ClINO6S2/c1-2-33-21-13-17(12-20(27)23(21)34-36(31,32)19-10-8-18(26)9-11-19)14-22-24(29)28(25(30)35-22)15-16-6-4-3-5-7-16/h3-14H,2,15H2,1H3/b22-14-. The Morgan fingerprint density at radius 3 is 2.42 bits per heavy atom. The lowest BCUT2D eigenvalue weighted by Crippen LogP contribution is -2.27. The van der Waals surface area contributed by atoms with Gasteiger partial charge in [0.15, 0.2) is 11.5 Å². The minimum atomic E-state index is -4.15. The lowest BCUT2D eigenvalue weighted by Gasteiger charge is -2.15. The molecule has 1 fully saturated rings. The zero-order valence-corrected chi connectivity index (χ0v) is 23.4. The number of hydrogen-bond donors (Lipinski definition) is 0. The van der Waals surface area contributed by atoms with E-state index in [4.69, 9.17) is 20.5 Å². The van der Waals surface area contributed by atoms with Crippen molar-refractivity contribution in [2.75, 3.05) is 6.61 Å². The van der Waals surface area contributed by atoms with E-state index in [2.05, 4.69) is 0 Å². The van der Waals surface area contributed by atoms with Crippen LogP contribution in [0.4, 0.5) is 4.79 Å². The number of rotatable bonds is 8. The topological polar surface area (TPSA) is 90.0 Å². The molecule has 1 aliphatic heterocycles. The van der Waals surface area contributed by atoms with Crippen molar-refractivity contribution in [3.8, 4) is 11.5 Å². The van der Waals surface area contributed by atoms with Gasteiger partial charge in [-0.05, 0) is 94.9 Å². The predicted octanol–water partition coefficient (Wildman–Crippen LogP) is 6.35. The number of nitrogens with zero attached hydrogens (tertiary/aromatic N) is 1.